The molecule has 0 aliphatic carbocycles. The van der Waals surface area contributed by atoms with E-state index in [0.717, 1.165) is 16.3 Å². The molecule has 0 saturated carbocycles. The molecule has 1 aliphatic rings. The van der Waals surface area contributed by atoms with Crippen molar-refractivity contribution < 1.29 is 4.79 Å². The summed E-state index contributed by atoms with van der Waals surface area (Å²) in [5.74, 6) is 0.0689. The summed E-state index contributed by atoms with van der Waals surface area (Å²) in [4.78, 5) is 27.5. The van der Waals surface area contributed by atoms with Crippen LogP contribution in [0, 0.1) is 4.77 Å². The van der Waals surface area contributed by atoms with Crippen LogP contribution in [-0.4, -0.2) is 15.5 Å². The number of amides is 1. The Balaban J connectivity index is 2.05. The van der Waals surface area contributed by atoms with Gasteiger partial charge in [0.2, 0.25) is 5.91 Å². The van der Waals surface area contributed by atoms with E-state index < -0.39 is 0 Å². The lowest BCUT2D eigenvalue weighted by Crippen LogP contribution is -2.33. The Labute approximate surface area is 143 Å². The van der Waals surface area contributed by atoms with Crippen LogP contribution in [0.25, 0.3) is 10.8 Å². The molecule has 120 valence electrons. The zero-order valence-electron chi connectivity index (χ0n) is 13.0. The maximum atomic E-state index is 12.6. The minimum Gasteiger partial charge on any atom is -0.312 e. The molecular formula is C18H15N3O2S. The molecular weight excluding hydrogens is 322 g/mol. The summed E-state index contributed by atoms with van der Waals surface area (Å²) in [7, 11) is 1.74. The molecule has 0 fully saturated rings. The molecule has 1 unspecified atom stereocenters. The van der Waals surface area contributed by atoms with Gasteiger partial charge < -0.3 is 9.88 Å². The molecule has 2 heterocycles. The van der Waals surface area contributed by atoms with E-state index in [2.05, 4.69) is 10.3 Å². The first-order chi connectivity index (χ1) is 11.6. The smallest absolute Gasteiger partial charge is 0.257 e. The molecule has 24 heavy (non-hydrogen) atoms. The molecule has 0 bridgehead atoms. The Hall–Kier alpha value is -2.73. The van der Waals surface area contributed by atoms with Gasteiger partial charge in [0, 0.05) is 19.4 Å². The second kappa shape index (κ2) is 5.42. The van der Waals surface area contributed by atoms with Crippen molar-refractivity contribution in [3.8, 4) is 0 Å². The summed E-state index contributed by atoms with van der Waals surface area (Å²) in [5.41, 5.74) is 1.29. The predicted molar refractivity (Wildman–Crippen MR) is 95.9 cm³/mol. The number of fused-ring (bicyclic) bond motifs is 2. The highest BCUT2D eigenvalue weighted by atomic mass is 32.1. The van der Waals surface area contributed by atoms with Crippen LogP contribution in [-0.2, 0) is 11.8 Å². The van der Waals surface area contributed by atoms with Gasteiger partial charge in [-0.05, 0) is 28.6 Å². The van der Waals surface area contributed by atoms with Crippen LogP contribution in [0.3, 0.4) is 0 Å². The van der Waals surface area contributed by atoms with Crippen molar-refractivity contribution in [1.29, 1.82) is 0 Å². The first-order valence-electron chi connectivity index (χ1n) is 7.67. The van der Waals surface area contributed by atoms with Crippen molar-refractivity contribution in [3.05, 3.63) is 68.7 Å². The number of nitrogens with zero attached hydrogens (tertiary/aromatic N) is 1. The number of H-pyrrole nitrogens is 1. The summed E-state index contributed by atoms with van der Waals surface area (Å²) in [5, 5.41) is 4.93. The molecule has 4 rings (SSSR count). The number of aromatic amines is 1. The molecule has 0 radical (unpaired) electrons. The number of rotatable bonds is 1. The van der Waals surface area contributed by atoms with Crippen LogP contribution in [0.5, 0.6) is 0 Å². The molecule has 2 N–H and O–H groups in total. The van der Waals surface area contributed by atoms with Gasteiger partial charge in [0.1, 0.15) is 5.82 Å². The molecule has 6 heteroatoms. The minimum absolute atomic E-state index is 0.115. The van der Waals surface area contributed by atoms with Gasteiger partial charge in [0.05, 0.1) is 5.56 Å². The molecule has 1 atom stereocenters. The fraction of sp³-hybridized carbons (Fsp3) is 0.167. The Bertz CT molecular complexity index is 1090. The largest absolute Gasteiger partial charge is 0.312 e. The normalized spacial score (nSPS) is 16.7. The predicted octanol–water partition coefficient (Wildman–Crippen LogP) is 3.07. The van der Waals surface area contributed by atoms with E-state index in [1.54, 1.807) is 11.6 Å². The molecule has 0 saturated heterocycles. The van der Waals surface area contributed by atoms with E-state index >= 15 is 0 Å². The van der Waals surface area contributed by atoms with Crippen molar-refractivity contribution in [1.82, 2.24) is 9.55 Å². The van der Waals surface area contributed by atoms with E-state index in [4.69, 9.17) is 12.2 Å². The summed E-state index contributed by atoms with van der Waals surface area (Å²) < 4.78 is 1.93. The summed E-state index contributed by atoms with van der Waals surface area (Å²) in [6.07, 6.45) is 0.237. The lowest BCUT2D eigenvalue weighted by atomic mass is 9.84. The van der Waals surface area contributed by atoms with Gasteiger partial charge in [-0.1, -0.05) is 42.5 Å². The Morgan fingerprint density at radius 1 is 1.12 bits per heavy atom. The zero-order chi connectivity index (χ0) is 16.8. The molecule has 2 aromatic carbocycles. The van der Waals surface area contributed by atoms with Crippen LogP contribution in [0.4, 0.5) is 5.82 Å². The van der Waals surface area contributed by atoms with Crippen LogP contribution in [0.1, 0.15) is 23.5 Å². The van der Waals surface area contributed by atoms with E-state index in [0.29, 0.717) is 11.4 Å². The minimum atomic E-state index is -0.301. The number of anilines is 1. The number of hydrogen-bond donors (Lipinski definition) is 2. The summed E-state index contributed by atoms with van der Waals surface area (Å²) >= 11 is 5.15. The third-order valence-electron chi connectivity index (χ3n) is 4.55. The molecule has 3 aromatic rings. The first kappa shape index (κ1) is 14.8. The quantitative estimate of drug-likeness (QED) is 0.671. The van der Waals surface area contributed by atoms with E-state index in [9.17, 15) is 9.59 Å². The highest BCUT2D eigenvalue weighted by molar-refractivity contribution is 7.71. The number of carbonyl (C=O) groups excluding carboxylic acids is 1. The van der Waals surface area contributed by atoms with Gasteiger partial charge in [0.15, 0.2) is 4.77 Å². The van der Waals surface area contributed by atoms with Crippen LogP contribution in [0.15, 0.2) is 47.3 Å². The molecule has 1 amide bonds. The van der Waals surface area contributed by atoms with Crippen molar-refractivity contribution in [2.75, 3.05) is 5.32 Å². The monoisotopic (exact) mass is 337 g/mol. The number of hydrogen-bond acceptors (Lipinski definition) is 3. The topological polar surface area (TPSA) is 66.9 Å². The fourth-order valence-electron chi connectivity index (χ4n) is 3.40. The van der Waals surface area contributed by atoms with Gasteiger partial charge in [0.25, 0.3) is 5.56 Å². The standard InChI is InChI=1S/C18H15N3O2S/c1-21-16-15(17(23)20-18(21)24)13(9-14(22)19-16)12-8-4-6-10-5-2-3-7-11(10)12/h2-8,13H,9H2,1H3,(H,19,22)(H,20,23,24). The van der Waals surface area contributed by atoms with E-state index in [1.807, 2.05) is 42.5 Å². The highest BCUT2D eigenvalue weighted by Crippen LogP contribution is 2.37. The van der Waals surface area contributed by atoms with Crippen molar-refractivity contribution in [2.45, 2.75) is 12.3 Å². The second-order valence-corrected chi connectivity index (χ2v) is 6.34. The lowest BCUT2D eigenvalue weighted by Gasteiger charge is -2.27. The van der Waals surface area contributed by atoms with Crippen LogP contribution >= 0.6 is 12.2 Å². The summed E-state index contributed by atoms with van der Waals surface area (Å²) in [6, 6.07) is 14.0. The third kappa shape index (κ3) is 2.18. The van der Waals surface area contributed by atoms with Gasteiger partial charge >= 0.3 is 0 Å². The molecule has 1 aliphatic heterocycles. The Morgan fingerprint density at radius 2 is 1.88 bits per heavy atom. The van der Waals surface area contributed by atoms with Gasteiger partial charge in [-0.15, -0.1) is 0 Å². The highest BCUT2D eigenvalue weighted by Gasteiger charge is 2.31. The lowest BCUT2D eigenvalue weighted by molar-refractivity contribution is -0.116. The van der Waals surface area contributed by atoms with Gasteiger partial charge in [-0.2, -0.15) is 0 Å². The maximum Gasteiger partial charge on any atom is 0.257 e. The van der Waals surface area contributed by atoms with Gasteiger partial charge in [-0.3, -0.25) is 14.6 Å². The SMILES string of the molecule is Cn1c2c(c(=O)[nH]c1=S)C(c1cccc3ccccc13)CC(=O)N2. The molecule has 0 spiro atoms. The molecule has 1 aromatic heterocycles. The average Bonchev–Trinajstić information content (AvgIpc) is 2.58. The van der Waals surface area contributed by atoms with Crippen LogP contribution in [0.2, 0.25) is 0 Å². The number of benzene rings is 2. The average molecular weight is 337 g/mol. The van der Waals surface area contributed by atoms with Crippen LogP contribution < -0.4 is 10.9 Å². The second-order valence-electron chi connectivity index (χ2n) is 5.95. The number of nitrogens with one attached hydrogen (secondary N) is 2. The van der Waals surface area contributed by atoms with Crippen molar-refractivity contribution >= 4 is 34.7 Å². The van der Waals surface area contributed by atoms with Gasteiger partial charge in [-0.25, -0.2) is 0 Å². The van der Waals surface area contributed by atoms with E-state index in [1.165, 1.54) is 0 Å². The number of aromatic nitrogens is 2. The summed E-state index contributed by atoms with van der Waals surface area (Å²) in [6.45, 7) is 0. The Morgan fingerprint density at radius 3 is 2.71 bits per heavy atom. The third-order valence-corrected chi connectivity index (χ3v) is 4.93. The van der Waals surface area contributed by atoms with Crippen molar-refractivity contribution in [2.24, 2.45) is 7.05 Å². The van der Waals surface area contributed by atoms with E-state index in [-0.39, 0.29) is 28.6 Å². The van der Waals surface area contributed by atoms with Crippen molar-refractivity contribution in [3.63, 3.8) is 0 Å². The number of carbonyl (C=O) groups is 1. The molecule has 5 nitrogen and oxygen atoms in total. The maximum absolute atomic E-state index is 12.6. The Kier molecular flexibility index (Phi) is 3.35. The fourth-order valence-corrected chi connectivity index (χ4v) is 3.59. The first-order valence-corrected chi connectivity index (χ1v) is 8.08. The zero-order valence-corrected chi connectivity index (χ0v) is 13.8.